The van der Waals surface area contributed by atoms with E-state index in [1.807, 2.05) is 6.92 Å². The Morgan fingerprint density at radius 3 is 2.63 bits per heavy atom. The second-order valence-corrected chi connectivity index (χ2v) is 6.09. The first-order valence-corrected chi connectivity index (χ1v) is 7.25. The Morgan fingerprint density at radius 2 is 1.89 bits per heavy atom. The monoisotopic (exact) mass is 258 g/mol. The summed E-state index contributed by atoms with van der Waals surface area (Å²) in [4.78, 5) is 0. The fourth-order valence-corrected chi connectivity index (χ4v) is 3.48. The molecule has 2 nitrogen and oxygen atoms in total. The largest absolute Gasteiger partial charge is 0.389 e. The molecule has 0 saturated carbocycles. The highest BCUT2D eigenvalue weighted by Gasteiger charge is 2.27. The van der Waals surface area contributed by atoms with Crippen LogP contribution in [0.15, 0.2) is 46.1 Å². The first-order valence-electron chi connectivity index (χ1n) is 7.25. The molecule has 0 aromatic carbocycles. The van der Waals surface area contributed by atoms with Crippen LogP contribution in [-0.4, -0.2) is 22.4 Å². The van der Waals surface area contributed by atoms with Crippen molar-refractivity contribution >= 4 is 0 Å². The summed E-state index contributed by atoms with van der Waals surface area (Å²) in [5, 5.41) is 19.9. The van der Waals surface area contributed by atoms with Crippen molar-refractivity contribution in [1.82, 2.24) is 0 Å². The number of aliphatic hydroxyl groups is 2. The molecule has 0 aliphatic heterocycles. The molecule has 0 radical (unpaired) electrons. The first kappa shape index (κ1) is 12.9. The molecule has 0 aromatic heterocycles. The minimum absolute atomic E-state index is 0.186. The topological polar surface area (TPSA) is 40.5 Å². The van der Waals surface area contributed by atoms with Crippen molar-refractivity contribution in [2.75, 3.05) is 0 Å². The van der Waals surface area contributed by atoms with Crippen LogP contribution in [0.1, 0.15) is 39.5 Å². The van der Waals surface area contributed by atoms with Gasteiger partial charge in [-0.25, -0.2) is 0 Å². The Labute approximate surface area is 114 Å². The molecule has 3 rings (SSSR count). The summed E-state index contributed by atoms with van der Waals surface area (Å²) in [5.74, 6) is 0.186. The van der Waals surface area contributed by atoms with E-state index in [-0.39, 0.29) is 18.1 Å². The normalized spacial score (nSPS) is 34.7. The van der Waals surface area contributed by atoms with Gasteiger partial charge in [0.05, 0.1) is 12.2 Å². The predicted molar refractivity (Wildman–Crippen MR) is 76.6 cm³/mol. The van der Waals surface area contributed by atoms with E-state index < -0.39 is 0 Å². The summed E-state index contributed by atoms with van der Waals surface area (Å²) >= 11 is 0. The fraction of sp³-hybridized carbons (Fsp3) is 0.529. The van der Waals surface area contributed by atoms with E-state index in [4.69, 9.17) is 0 Å². The minimum atomic E-state index is -0.337. The molecular formula is C17H22O2. The molecule has 2 heteroatoms. The van der Waals surface area contributed by atoms with Gasteiger partial charge in [0.25, 0.3) is 0 Å². The molecule has 19 heavy (non-hydrogen) atoms. The molecule has 3 atom stereocenters. The van der Waals surface area contributed by atoms with Gasteiger partial charge in [0.2, 0.25) is 0 Å². The number of hydrogen-bond donors (Lipinski definition) is 2. The molecule has 0 aromatic rings. The van der Waals surface area contributed by atoms with E-state index in [2.05, 4.69) is 25.2 Å². The van der Waals surface area contributed by atoms with Crippen LogP contribution in [0.4, 0.5) is 0 Å². The zero-order chi connectivity index (χ0) is 13.6. The van der Waals surface area contributed by atoms with Crippen LogP contribution in [0.5, 0.6) is 0 Å². The average Bonchev–Trinajstić information content (AvgIpc) is 2.76. The Hall–Kier alpha value is -1.12. The maximum Gasteiger partial charge on any atom is 0.0810 e. The van der Waals surface area contributed by atoms with E-state index in [0.29, 0.717) is 0 Å². The van der Waals surface area contributed by atoms with E-state index in [1.165, 1.54) is 22.3 Å². The summed E-state index contributed by atoms with van der Waals surface area (Å²) < 4.78 is 0. The van der Waals surface area contributed by atoms with Crippen LogP contribution < -0.4 is 0 Å². The van der Waals surface area contributed by atoms with E-state index in [9.17, 15) is 10.2 Å². The fourth-order valence-electron chi connectivity index (χ4n) is 3.48. The van der Waals surface area contributed by atoms with Crippen LogP contribution in [0, 0.1) is 5.92 Å². The van der Waals surface area contributed by atoms with Gasteiger partial charge < -0.3 is 10.2 Å². The lowest BCUT2D eigenvalue weighted by Crippen LogP contribution is -2.21. The van der Waals surface area contributed by atoms with E-state index in [0.717, 1.165) is 31.3 Å². The lowest BCUT2D eigenvalue weighted by atomic mass is 9.82. The number of aliphatic hydroxyl groups excluding tert-OH is 2. The van der Waals surface area contributed by atoms with Crippen molar-refractivity contribution in [3.63, 3.8) is 0 Å². The number of allylic oxidation sites excluding steroid dienone is 5. The number of rotatable bonds is 1. The smallest absolute Gasteiger partial charge is 0.0810 e. The van der Waals surface area contributed by atoms with Crippen molar-refractivity contribution < 1.29 is 10.2 Å². The molecule has 0 heterocycles. The minimum Gasteiger partial charge on any atom is -0.389 e. The lowest BCUT2D eigenvalue weighted by Gasteiger charge is -2.26. The molecule has 0 bridgehead atoms. The molecule has 0 amide bonds. The van der Waals surface area contributed by atoms with Crippen molar-refractivity contribution in [1.29, 1.82) is 0 Å². The summed E-state index contributed by atoms with van der Waals surface area (Å²) in [7, 11) is 0. The van der Waals surface area contributed by atoms with Crippen molar-refractivity contribution in [2.24, 2.45) is 5.92 Å². The molecule has 0 saturated heterocycles. The zero-order valence-corrected chi connectivity index (χ0v) is 11.7. The van der Waals surface area contributed by atoms with Gasteiger partial charge in [0.1, 0.15) is 0 Å². The van der Waals surface area contributed by atoms with Crippen molar-refractivity contribution in [3.8, 4) is 0 Å². The molecule has 3 unspecified atom stereocenters. The third kappa shape index (κ3) is 2.24. The Morgan fingerprint density at radius 1 is 1.11 bits per heavy atom. The van der Waals surface area contributed by atoms with Gasteiger partial charge in [-0.15, -0.1) is 0 Å². The van der Waals surface area contributed by atoms with Crippen LogP contribution in [0.25, 0.3) is 0 Å². The Balaban J connectivity index is 1.91. The molecule has 3 aliphatic carbocycles. The highest BCUT2D eigenvalue weighted by molar-refractivity contribution is 5.51. The maximum atomic E-state index is 9.97. The van der Waals surface area contributed by atoms with Gasteiger partial charge in [0.15, 0.2) is 0 Å². The molecule has 0 fully saturated rings. The zero-order valence-electron chi connectivity index (χ0n) is 11.7. The second kappa shape index (κ2) is 4.77. The SMILES string of the molecule is CC1=CC(C2=CC3=C(CC2)C(O)CC3)=CC(C)C1O. The molecule has 0 spiro atoms. The summed E-state index contributed by atoms with van der Waals surface area (Å²) in [6, 6.07) is 0. The second-order valence-electron chi connectivity index (χ2n) is 6.09. The van der Waals surface area contributed by atoms with Gasteiger partial charge in [-0.2, -0.15) is 0 Å². The standard InChI is InChI=1S/C17H22O2/c1-10-7-14(8-11(2)17(10)19)12-3-5-15-13(9-12)4-6-16(15)18/h7-10,16-19H,3-6H2,1-2H3. The molecule has 102 valence electrons. The van der Waals surface area contributed by atoms with E-state index in [1.54, 1.807) is 0 Å². The van der Waals surface area contributed by atoms with Crippen molar-refractivity contribution in [3.05, 3.63) is 46.1 Å². The van der Waals surface area contributed by atoms with Gasteiger partial charge in [-0.1, -0.05) is 25.2 Å². The van der Waals surface area contributed by atoms with Crippen LogP contribution in [0.3, 0.4) is 0 Å². The average molecular weight is 258 g/mol. The quantitative estimate of drug-likeness (QED) is 0.759. The van der Waals surface area contributed by atoms with Gasteiger partial charge >= 0.3 is 0 Å². The Bertz CT molecular complexity index is 519. The molecule has 3 aliphatic rings. The van der Waals surface area contributed by atoms with E-state index >= 15 is 0 Å². The third-order valence-corrected chi connectivity index (χ3v) is 4.67. The van der Waals surface area contributed by atoms with Crippen LogP contribution >= 0.6 is 0 Å². The van der Waals surface area contributed by atoms with Crippen LogP contribution in [0.2, 0.25) is 0 Å². The van der Waals surface area contributed by atoms with Crippen LogP contribution in [-0.2, 0) is 0 Å². The van der Waals surface area contributed by atoms with Crippen molar-refractivity contribution in [2.45, 2.75) is 51.7 Å². The lowest BCUT2D eigenvalue weighted by molar-refractivity contribution is 0.171. The molecule has 2 N–H and O–H groups in total. The first-order chi connectivity index (χ1) is 9.06. The predicted octanol–water partition coefficient (Wildman–Crippen LogP) is 3.04. The maximum absolute atomic E-state index is 9.97. The van der Waals surface area contributed by atoms with Gasteiger partial charge in [0, 0.05) is 5.92 Å². The Kier molecular flexibility index (Phi) is 3.23. The summed E-state index contributed by atoms with van der Waals surface area (Å²) in [5.41, 5.74) is 6.29. The van der Waals surface area contributed by atoms with Gasteiger partial charge in [-0.05, 0) is 60.5 Å². The summed E-state index contributed by atoms with van der Waals surface area (Å²) in [6.45, 7) is 4.07. The number of hydrogen-bond acceptors (Lipinski definition) is 2. The summed E-state index contributed by atoms with van der Waals surface area (Å²) in [6.07, 6.45) is 9.93. The van der Waals surface area contributed by atoms with Gasteiger partial charge in [-0.3, -0.25) is 0 Å². The third-order valence-electron chi connectivity index (χ3n) is 4.67. The highest BCUT2D eigenvalue weighted by atomic mass is 16.3. The molecular weight excluding hydrogens is 236 g/mol. The highest BCUT2D eigenvalue weighted by Crippen LogP contribution is 2.39.